The number of carbonyl (C=O) groups excluding carboxylic acids is 3. The lowest BCUT2D eigenvalue weighted by molar-refractivity contribution is -0.145. The lowest BCUT2D eigenvalue weighted by atomic mass is 10.1. The molecule has 178 valence electrons. The molecule has 0 rings (SSSR count). The second-order valence-electron chi connectivity index (χ2n) is 7.09. The van der Waals surface area contributed by atoms with Gasteiger partial charge in [-0.15, -0.1) is 0 Å². The number of carboxylic acid groups (broad SMARTS) is 1. The van der Waals surface area contributed by atoms with Crippen LogP contribution in [0.4, 0.5) is 0 Å². The van der Waals surface area contributed by atoms with Crippen molar-refractivity contribution in [1.29, 1.82) is 0 Å². The zero-order chi connectivity index (χ0) is 24.3. The van der Waals surface area contributed by atoms with Gasteiger partial charge < -0.3 is 48.5 Å². The first kappa shape index (κ1) is 28.0. The zero-order valence-electron chi connectivity index (χ0n) is 17.7. The van der Waals surface area contributed by atoms with Crippen LogP contribution >= 0.6 is 0 Å². The minimum Gasteiger partial charge on any atom is -0.480 e. The van der Waals surface area contributed by atoms with Gasteiger partial charge in [0.2, 0.25) is 17.7 Å². The normalized spacial score (nSPS) is 16.6. The smallest absolute Gasteiger partial charge is 0.328 e. The summed E-state index contributed by atoms with van der Waals surface area (Å²) in [7, 11) is 0. The number of hydrogen-bond donors (Lipinski definition) is 9. The molecule has 0 saturated heterocycles. The molecule has 0 aromatic heterocycles. The molecular formula is C17H33N7O7. The number of guanidine groups is 1. The van der Waals surface area contributed by atoms with E-state index in [2.05, 4.69) is 20.9 Å². The molecule has 14 heteroatoms. The molecule has 0 aliphatic carbocycles. The first-order valence-corrected chi connectivity index (χ1v) is 9.58. The van der Waals surface area contributed by atoms with E-state index in [9.17, 15) is 29.4 Å². The Balaban J connectivity index is 5.47. The summed E-state index contributed by atoms with van der Waals surface area (Å²) < 4.78 is 0. The average molecular weight is 447 g/mol. The van der Waals surface area contributed by atoms with Gasteiger partial charge in [-0.2, -0.15) is 0 Å². The van der Waals surface area contributed by atoms with E-state index in [1.807, 2.05) is 0 Å². The fourth-order valence-corrected chi connectivity index (χ4v) is 2.37. The largest absolute Gasteiger partial charge is 0.480 e. The maximum absolute atomic E-state index is 12.6. The molecule has 0 radical (unpaired) electrons. The van der Waals surface area contributed by atoms with E-state index in [0.717, 1.165) is 0 Å². The van der Waals surface area contributed by atoms with Crippen LogP contribution in [-0.4, -0.2) is 87.9 Å². The number of aliphatic imine (C=N–C) groups is 1. The Bertz CT molecular complexity index is 663. The van der Waals surface area contributed by atoms with Crippen molar-refractivity contribution in [2.24, 2.45) is 22.2 Å². The van der Waals surface area contributed by atoms with Crippen LogP contribution in [0.5, 0.6) is 0 Å². The summed E-state index contributed by atoms with van der Waals surface area (Å²) in [4.78, 5) is 52.0. The number of nitrogens with one attached hydrogen (secondary N) is 3. The van der Waals surface area contributed by atoms with Crippen molar-refractivity contribution < 1.29 is 34.5 Å². The molecule has 0 bridgehead atoms. The zero-order valence-corrected chi connectivity index (χ0v) is 17.7. The predicted molar refractivity (Wildman–Crippen MR) is 110 cm³/mol. The summed E-state index contributed by atoms with van der Waals surface area (Å²) in [5.74, 6) is -4.13. The van der Waals surface area contributed by atoms with Crippen molar-refractivity contribution in [3.8, 4) is 0 Å². The average Bonchev–Trinajstić information content (AvgIpc) is 2.64. The van der Waals surface area contributed by atoms with Gasteiger partial charge in [-0.1, -0.05) is 0 Å². The van der Waals surface area contributed by atoms with Crippen molar-refractivity contribution in [3.63, 3.8) is 0 Å². The summed E-state index contributed by atoms with van der Waals surface area (Å²) in [6.45, 7) is 3.95. The molecule has 0 aromatic carbocycles. The Hall–Kier alpha value is -2.97. The van der Waals surface area contributed by atoms with Gasteiger partial charge in [-0.3, -0.25) is 19.4 Å². The molecule has 31 heavy (non-hydrogen) atoms. The van der Waals surface area contributed by atoms with Crippen molar-refractivity contribution in [2.45, 2.75) is 70.0 Å². The van der Waals surface area contributed by atoms with Crippen molar-refractivity contribution in [1.82, 2.24) is 16.0 Å². The molecule has 0 heterocycles. The third-order valence-electron chi connectivity index (χ3n) is 4.10. The Labute approximate surface area is 179 Å². The fourth-order valence-electron chi connectivity index (χ4n) is 2.37. The van der Waals surface area contributed by atoms with Gasteiger partial charge in [0.15, 0.2) is 12.0 Å². The van der Waals surface area contributed by atoms with Crippen molar-refractivity contribution >= 4 is 29.7 Å². The highest BCUT2D eigenvalue weighted by Gasteiger charge is 2.32. The van der Waals surface area contributed by atoms with E-state index in [0.29, 0.717) is 0 Å². The lowest BCUT2D eigenvalue weighted by Crippen LogP contribution is -2.60. The molecule has 6 atom stereocenters. The van der Waals surface area contributed by atoms with Crippen LogP contribution in [0.25, 0.3) is 0 Å². The lowest BCUT2D eigenvalue weighted by Gasteiger charge is -2.26. The van der Waals surface area contributed by atoms with Gasteiger partial charge in [0.1, 0.15) is 12.1 Å². The Morgan fingerprint density at radius 3 is 1.81 bits per heavy atom. The number of amides is 3. The minimum atomic E-state index is -1.62. The van der Waals surface area contributed by atoms with E-state index in [1.54, 1.807) is 0 Å². The van der Waals surface area contributed by atoms with Gasteiger partial charge >= 0.3 is 5.97 Å². The van der Waals surface area contributed by atoms with Gasteiger partial charge in [-0.25, -0.2) is 4.79 Å². The fraction of sp³-hybridized carbons (Fsp3) is 0.706. The second-order valence-corrected chi connectivity index (χ2v) is 7.09. The van der Waals surface area contributed by atoms with E-state index in [-0.39, 0.29) is 25.3 Å². The molecular weight excluding hydrogens is 414 g/mol. The van der Waals surface area contributed by atoms with Gasteiger partial charge in [0.05, 0.1) is 18.2 Å². The predicted octanol–water partition coefficient (Wildman–Crippen LogP) is -4.31. The van der Waals surface area contributed by atoms with Crippen LogP contribution < -0.4 is 33.2 Å². The monoisotopic (exact) mass is 447 g/mol. The van der Waals surface area contributed by atoms with E-state index in [1.165, 1.54) is 20.8 Å². The summed E-state index contributed by atoms with van der Waals surface area (Å²) in [6.07, 6.45) is -2.50. The molecule has 0 aromatic rings. The quantitative estimate of drug-likeness (QED) is 0.0745. The Morgan fingerprint density at radius 1 is 0.871 bits per heavy atom. The third kappa shape index (κ3) is 10.6. The number of nitrogens with two attached hydrogens (primary N) is 3. The number of aliphatic hydroxyl groups excluding tert-OH is 2. The summed E-state index contributed by atoms with van der Waals surface area (Å²) in [5.41, 5.74) is 15.9. The van der Waals surface area contributed by atoms with E-state index >= 15 is 0 Å². The highest BCUT2D eigenvalue weighted by molar-refractivity contribution is 5.94. The molecule has 0 aliphatic heterocycles. The maximum Gasteiger partial charge on any atom is 0.328 e. The topological polar surface area (TPSA) is 255 Å². The van der Waals surface area contributed by atoms with Gasteiger partial charge in [0, 0.05) is 6.54 Å². The van der Waals surface area contributed by atoms with E-state index in [4.69, 9.17) is 22.3 Å². The minimum absolute atomic E-state index is 0.00568. The maximum atomic E-state index is 12.6. The molecule has 12 N–H and O–H groups in total. The number of nitrogens with zero attached hydrogens (tertiary/aromatic N) is 1. The van der Waals surface area contributed by atoms with Crippen molar-refractivity contribution in [3.05, 3.63) is 0 Å². The molecule has 0 spiro atoms. The number of rotatable bonds is 13. The molecule has 6 unspecified atom stereocenters. The number of carboxylic acids is 1. The molecule has 3 amide bonds. The summed E-state index contributed by atoms with van der Waals surface area (Å²) >= 11 is 0. The number of aliphatic hydroxyl groups is 2. The highest BCUT2D eigenvalue weighted by Crippen LogP contribution is 2.04. The molecule has 0 saturated carbocycles. The second kappa shape index (κ2) is 13.4. The van der Waals surface area contributed by atoms with E-state index < -0.39 is 60.1 Å². The number of aliphatic carboxylic acids is 1. The highest BCUT2D eigenvalue weighted by atomic mass is 16.4. The third-order valence-corrected chi connectivity index (χ3v) is 4.10. The van der Waals surface area contributed by atoms with Crippen LogP contribution in [0.2, 0.25) is 0 Å². The van der Waals surface area contributed by atoms with Crippen LogP contribution in [0, 0.1) is 0 Å². The molecule has 14 nitrogen and oxygen atoms in total. The number of carbonyl (C=O) groups is 4. The standard InChI is InChI=1S/C17H33N7O7/c1-7(18)13(27)23-11(8(2)25)15(29)22-10(5-4-6-21-17(19)20)14(28)24-12(9(3)26)16(30)31/h7-12,25-26H,4-6,18H2,1-3H3,(H,22,29)(H,23,27)(H,24,28)(H,30,31)(H4,19,20,21). The summed E-state index contributed by atoms with van der Waals surface area (Å²) in [5, 5.41) is 35.3. The van der Waals surface area contributed by atoms with Crippen molar-refractivity contribution in [2.75, 3.05) is 6.54 Å². The van der Waals surface area contributed by atoms with Crippen LogP contribution in [0.1, 0.15) is 33.6 Å². The number of hydrogen-bond acceptors (Lipinski definition) is 8. The van der Waals surface area contributed by atoms with Gasteiger partial charge in [0.25, 0.3) is 0 Å². The molecule has 0 aliphatic rings. The molecule has 0 fully saturated rings. The summed E-state index contributed by atoms with van der Waals surface area (Å²) in [6, 6.07) is -5.25. The van der Waals surface area contributed by atoms with Crippen LogP contribution in [-0.2, 0) is 19.2 Å². The SMILES string of the molecule is CC(N)C(=O)NC(C(=O)NC(CCCN=C(N)N)C(=O)NC(C(=O)O)C(C)O)C(C)O. The Morgan fingerprint density at radius 2 is 1.39 bits per heavy atom. The Kier molecular flexibility index (Phi) is 12.1. The first-order chi connectivity index (χ1) is 14.3. The van der Waals surface area contributed by atoms with Gasteiger partial charge in [-0.05, 0) is 33.6 Å². The van der Waals surface area contributed by atoms with Crippen LogP contribution in [0.3, 0.4) is 0 Å². The first-order valence-electron chi connectivity index (χ1n) is 9.58. The van der Waals surface area contributed by atoms with Crippen LogP contribution in [0.15, 0.2) is 4.99 Å².